The summed E-state index contributed by atoms with van der Waals surface area (Å²) in [5.41, 5.74) is 12.1. The van der Waals surface area contributed by atoms with E-state index in [1.165, 1.54) is 39.8 Å². The number of fused-ring (bicyclic) bond motifs is 2. The summed E-state index contributed by atoms with van der Waals surface area (Å²) in [6.07, 6.45) is -44.7. The topological polar surface area (TPSA) is 584 Å². The molecule has 35 heteroatoms. The molecule has 24 N–H and O–H groups in total. The van der Waals surface area contributed by atoms with Gasteiger partial charge in [0.1, 0.15) is 73.2 Å². The third-order valence-electron chi connectivity index (χ3n) is 25.4. The van der Waals surface area contributed by atoms with Crippen molar-refractivity contribution < 1.29 is 164 Å². The summed E-state index contributed by atoms with van der Waals surface area (Å²) < 4.78 is 75.2. The number of aliphatic hydroxyl groups excluding tert-OH is 19. The zero-order chi connectivity index (χ0) is 86.6. The molecule has 44 atom stereocenters. The number of aliphatic hydroxyl groups is 20. The van der Waals surface area contributed by atoms with Gasteiger partial charge in [-0.1, -0.05) is 86.1 Å². The molecule has 7 heterocycles. The van der Waals surface area contributed by atoms with E-state index in [4.69, 9.17) is 68.3 Å². The van der Waals surface area contributed by atoms with Crippen molar-refractivity contribution in [3.05, 3.63) is 35.5 Å². The van der Waals surface area contributed by atoms with Crippen molar-refractivity contribution in [2.24, 2.45) is 47.0 Å². The number of nitrogens with two attached hydrogens (primary N) is 2. The van der Waals surface area contributed by atoms with Gasteiger partial charge in [-0.2, -0.15) is 0 Å². The fraction of sp³-hybridized carbons (Fsp3) is 0.914. The van der Waals surface area contributed by atoms with E-state index in [1.54, 1.807) is 60.6 Å². The van der Waals surface area contributed by atoms with Crippen LogP contribution in [0.4, 0.5) is 0 Å². The van der Waals surface area contributed by atoms with E-state index < -0.39 is 306 Å². The standard InChI is InChI=1S/C81H144N2O33/c1-15-18-55(109-61-33-80(14,83)74(101)44(13)106-61)39(8)63(92)45(16-2)22-25-51(87)38(7)56-26-20-36(5)62(91)40(9)57(111-78-71(100)69(98)67(96)59(34-84)113-78)31-53(89)37(6)52(88)28-49-29-54(90)75(102)81(104,116-49)32-58(35(4)19-23-47(85)27-48(86)24-21-46(17-3)76(103)110-56)112-79-73(115-77-70(99)68(97)65(94)42(11)107-77)72(66(95)43(12)108-79)114-60-30-50(82)64(93)41(10)105-60/h20-22,25,35,37-45,47-75,77-79,84-102,104H,15-19,23-24,26-34,82-83H2,1-14H3/b25-22+,36-20?,46-21?/t35?,37?,38?,39?,40?,41-,42-,43-,44+,45?,47?,48?,49?,50-,51?,52?,53?,54?,55?,56?,57?,58?,59-,60+,61+,62?,63?,64-,65-,66-,67-,68+,69+,70-,71+,72+,73-,74-,75?,77+,78-,79+,80+,81?/m1/s1. The van der Waals surface area contributed by atoms with Crippen LogP contribution in [0.2, 0.25) is 0 Å². The second-order valence-electron chi connectivity index (χ2n) is 34.7. The lowest BCUT2D eigenvalue weighted by molar-refractivity contribution is -0.389. The zero-order valence-electron chi connectivity index (χ0n) is 69.8. The van der Waals surface area contributed by atoms with Gasteiger partial charge in [0.2, 0.25) is 0 Å². The van der Waals surface area contributed by atoms with Crippen LogP contribution in [-0.4, -0.2) is 347 Å². The fourth-order valence-electron chi connectivity index (χ4n) is 16.8. The fourth-order valence-corrected chi connectivity index (χ4v) is 16.8. The maximum atomic E-state index is 14.6. The van der Waals surface area contributed by atoms with Gasteiger partial charge in [0, 0.05) is 91.7 Å². The maximum Gasteiger partial charge on any atom is 0.333 e. The summed E-state index contributed by atoms with van der Waals surface area (Å²) in [5, 5.41) is 231. The Hall–Kier alpha value is -2.63. The van der Waals surface area contributed by atoms with E-state index in [0.717, 1.165) is 0 Å². The number of carbonyl (C=O) groups is 1. The van der Waals surface area contributed by atoms with Crippen LogP contribution < -0.4 is 11.5 Å². The average Bonchev–Trinajstić information content (AvgIpc) is 0.772. The second kappa shape index (κ2) is 44.8. The minimum atomic E-state index is -2.79. The van der Waals surface area contributed by atoms with Crippen molar-refractivity contribution in [2.75, 3.05) is 6.61 Å². The van der Waals surface area contributed by atoms with Crippen molar-refractivity contribution in [1.29, 1.82) is 0 Å². The van der Waals surface area contributed by atoms with E-state index in [-0.39, 0.29) is 62.5 Å². The molecule has 35 nitrogen and oxygen atoms in total. The van der Waals surface area contributed by atoms with Crippen LogP contribution in [-0.2, 0) is 61.6 Å². The summed E-state index contributed by atoms with van der Waals surface area (Å²) >= 11 is 0. The van der Waals surface area contributed by atoms with Gasteiger partial charge in [0.15, 0.2) is 37.2 Å². The summed E-state index contributed by atoms with van der Waals surface area (Å²) in [6.45, 7) is 22.2. The molecule has 7 aliphatic rings. The molecule has 0 aromatic carbocycles. The van der Waals surface area contributed by atoms with E-state index in [0.29, 0.717) is 19.3 Å². The van der Waals surface area contributed by atoms with E-state index in [9.17, 15) is 107 Å². The monoisotopic (exact) mass is 1670 g/mol. The molecule has 21 unspecified atom stereocenters. The van der Waals surface area contributed by atoms with Gasteiger partial charge in [0.25, 0.3) is 0 Å². The summed E-state index contributed by atoms with van der Waals surface area (Å²) in [7, 11) is 0. The summed E-state index contributed by atoms with van der Waals surface area (Å²) in [6, 6.07) is -0.877. The third kappa shape index (κ3) is 25.8. The van der Waals surface area contributed by atoms with Gasteiger partial charge in [-0.25, -0.2) is 4.79 Å². The van der Waals surface area contributed by atoms with Crippen LogP contribution >= 0.6 is 0 Å². The minimum absolute atomic E-state index is 0.0139. The number of rotatable bonds is 22. The Balaban J connectivity index is 1.24. The molecule has 7 rings (SSSR count). The van der Waals surface area contributed by atoms with Crippen LogP contribution in [0.25, 0.3) is 0 Å². The number of ether oxygens (including phenoxy) is 12. The van der Waals surface area contributed by atoms with Gasteiger partial charge >= 0.3 is 5.97 Å². The van der Waals surface area contributed by atoms with Crippen molar-refractivity contribution in [3.8, 4) is 0 Å². The third-order valence-corrected chi connectivity index (χ3v) is 25.4. The highest BCUT2D eigenvalue weighted by Crippen LogP contribution is 2.42. The smallest absolute Gasteiger partial charge is 0.333 e. The average molecular weight is 1670 g/mol. The molecule has 0 radical (unpaired) electrons. The van der Waals surface area contributed by atoms with Crippen molar-refractivity contribution in [2.45, 2.75) is 425 Å². The highest BCUT2D eigenvalue weighted by atomic mass is 16.8. The highest BCUT2D eigenvalue weighted by molar-refractivity contribution is 5.88. The molecule has 2 bridgehead atoms. The maximum absolute atomic E-state index is 14.6. The lowest BCUT2D eigenvalue weighted by atomic mass is 9.82. The van der Waals surface area contributed by atoms with Gasteiger partial charge in [-0.05, 0) is 98.0 Å². The first-order valence-electron chi connectivity index (χ1n) is 41.9. The quantitative estimate of drug-likeness (QED) is 0.0424. The Labute approximate surface area is 681 Å². The molecule has 0 aromatic heterocycles. The van der Waals surface area contributed by atoms with Gasteiger partial charge in [-0.15, -0.1) is 0 Å². The predicted molar refractivity (Wildman–Crippen MR) is 412 cm³/mol. The molecule has 7 aliphatic heterocycles. The zero-order valence-corrected chi connectivity index (χ0v) is 69.8. The van der Waals surface area contributed by atoms with Gasteiger partial charge in [0.05, 0.1) is 116 Å². The first-order valence-corrected chi connectivity index (χ1v) is 41.9. The Kier molecular flexibility index (Phi) is 38.8. The Morgan fingerprint density at radius 3 is 1.81 bits per heavy atom. The number of hydrogen-bond acceptors (Lipinski definition) is 35. The van der Waals surface area contributed by atoms with Crippen LogP contribution in [0.5, 0.6) is 0 Å². The largest absolute Gasteiger partial charge is 0.458 e. The number of esters is 1. The number of hydrogen-bond donors (Lipinski definition) is 22. The van der Waals surface area contributed by atoms with Crippen molar-refractivity contribution in [1.82, 2.24) is 0 Å². The molecule has 6 saturated heterocycles. The molecule has 6 fully saturated rings. The molecular formula is C81H144N2O33. The minimum Gasteiger partial charge on any atom is -0.458 e. The predicted octanol–water partition coefficient (Wildman–Crippen LogP) is -1.70. The molecule has 0 aromatic rings. The lowest BCUT2D eigenvalue weighted by Crippen LogP contribution is -2.65. The molecule has 0 spiro atoms. The lowest BCUT2D eigenvalue weighted by Gasteiger charge is -2.50. The van der Waals surface area contributed by atoms with Crippen LogP contribution in [0.15, 0.2) is 35.5 Å². The Morgan fingerprint density at radius 1 is 0.595 bits per heavy atom. The molecule has 0 saturated carbocycles. The van der Waals surface area contributed by atoms with Gasteiger partial charge in [-0.3, -0.25) is 0 Å². The molecular weight excluding hydrogens is 1530 g/mol. The SMILES string of the molecule is CCCC(O[C@H]1C[C@](C)(N)[C@H](O)[C@H](C)O1)C(C)C(O)C(/C=C/C(O)C(C)C1CC=C(C)C(O)C(C)C(O[C@@H]2O[C@H](CO)[C@@H](O)[C@H](O)[C@@H]2O)CC(O)C(C)C(O)CC2CC(O)C(O)C(O)(CC(O[C@@H]3O[C@H](C)[C@@H](O)[C@H](O[C@H]4C[C@@H](N)[C@H](O)[C@@H](C)O4)[C@H]3O[C@@H]3O[C@H](C)[C@@H](O)[C@H](O)[C@H]3O)C(C)CCC(O)CC(O)CC=C(CC)C(=O)O1)O2)CC. The van der Waals surface area contributed by atoms with E-state index in [1.807, 2.05) is 20.8 Å². The van der Waals surface area contributed by atoms with Gasteiger partial charge < -0.3 is 170 Å². The molecule has 676 valence electrons. The summed E-state index contributed by atoms with van der Waals surface area (Å²) in [4.78, 5) is 14.6. The van der Waals surface area contributed by atoms with E-state index in [2.05, 4.69) is 0 Å². The van der Waals surface area contributed by atoms with Crippen LogP contribution in [0.3, 0.4) is 0 Å². The molecule has 116 heavy (non-hydrogen) atoms. The van der Waals surface area contributed by atoms with Crippen molar-refractivity contribution >= 4 is 5.97 Å². The normalized spacial score (nSPS) is 46.7. The molecule has 0 aliphatic carbocycles. The molecule has 0 amide bonds. The first-order chi connectivity index (χ1) is 54.3. The Bertz CT molecular complexity index is 3010. The number of carbonyl (C=O) groups excluding carboxylic acids is 1. The summed E-state index contributed by atoms with van der Waals surface area (Å²) in [5.74, 6) is -8.74. The second-order valence-corrected chi connectivity index (χ2v) is 34.7. The van der Waals surface area contributed by atoms with Crippen molar-refractivity contribution in [3.63, 3.8) is 0 Å². The van der Waals surface area contributed by atoms with Crippen LogP contribution in [0.1, 0.15) is 193 Å². The number of cyclic esters (lactones) is 1. The highest BCUT2D eigenvalue weighted by Gasteiger charge is 2.57. The Morgan fingerprint density at radius 2 is 1.19 bits per heavy atom. The van der Waals surface area contributed by atoms with Crippen LogP contribution in [0, 0.1) is 35.5 Å². The first kappa shape index (κ1) is 100. The van der Waals surface area contributed by atoms with E-state index >= 15 is 0 Å².